The Kier molecular flexibility index (Phi) is 7.42. The summed E-state index contributed by atoms with van der Waals surface area (Å²) in [6, 6.07) is 2.35. The Morgan fingerprint density at radius 1 is 1.14 bits per heavy atom. The predicted octanol–water partition coefficient (Wildman–Crippen LogP) is 4.71. The van der Waals surface area contributed by atoms with E-state index < -0.39 is 17.7 Å². The van der Waals surface area contributed by atoms with E-state index in [1.807, 2.05) is 6.20 Å². The lowest BCUT2D eigenvalue weighted by atomic mass is 9.85. The number of rotatable bonds is 9. The van der Waals surface area contributed by atoms with Crippen LogP contribution in [0.1, 0.15) is 66.8 Å². The van der Waals surface area contributed by atoms with Gasteiger partial charge < -0.3 is 9.84 Å². The molecule has 35 heavy (non-hydrogen) atoms. The molecule has 1 fully saturated rings. The van der Waals surface area contributed by atoms with Crippen molar-refractivity contribution in [3.05, 3.63) is 53.1 Å². The van der Waals surface area contributed by atoms with Gasteiger partial charge in [0.15, 0.2) is 5.82 Å². The molecule has 11 heteroatoms. The minimum Gasteiger partial charge on any atom is -0.481 e. The lowest BCUT2D eigenvalue weighted by molar-refractivity contribution is -0.138. The van der Waals surface area contributed by atoms with Gasteiger partial charge in [0.25, 0.3) is 0 Å². The Labute approximate surface area is 200 Å². The molecule has 3 aromatic rings. The van der Waals surface area contributed by atoms with Crippen molar-refractivity contribution < 1.29 is 27.8 Å². The van der Waals surface area contributed by atoms with E-state index in [0.29, 0.717) is 42.6 Å². The van der Waals surface area contributed by atoms with Gasteiger partial charge >= 0.3 is 12.1 Å². The molecular formula is C24H28F3N5O3. The van der Waals surface area contributed by atoms with Crippen LogP contribution in [0, 0.1) is 0 Å². The molecule has 188 valence electrons. The number of alkyl halides is 3. The van der Waals surface area contributed by atoms with Crippen molar-refractivity contribution in [2.45, 2.75) is 63.5 Å². The second kappa shape index (κ2) is 10.5. The average Bonchev–Trinajstić information content (AvgIpc) is 3.39. The largest absolute Gasteiger partial charge is 0.481 e. The fraction of sp³-hybridized carbons (Fsp3) is 0.500. The molecule has 8 nitrogen and oxygen atoms in total. The highest BCUT2D eigenvalue weighted by Crippen LogP contribution is 2.34. The number of pyridine rings is 1. The molecule has 0 spiro atoms. The number of aromatic nitrogens is 5. The first kappa shape index (κ1) is 24.7. The number of ether oxygens (including phenoxy) is 1. The van der Waals surface area contributed by atoms with Gasteiger partial charge in [0, 0.05) is 37.1 Å². The number of hydrogen-bond donors (Lipinski definition) is 1. The molecule has 0 aromatic carbocycles. The smallest absolute Gasteiger partial charge is 0.417 e. The Balaban J connectivity index is 1.47. The summed E-state index contributed by atoms with van der Waals surface area (Å²) in [6.45, 7) is 0.345. The van der Waals surface area contributed by atoms with E-state index in [1.165, 1.54) is 17.2 Å². The van der Waals surface area contributed by atoms with E-state index in [0.717, 1.165) is 49.2 Å². The van der Waals surface area contributed by atoms with Gasteiger partial charge in [-0.3, -0.25) is 9.48 Å². The van der Waals surface area contributed by atoms with Gasteiger partial charge in [-0.2, -0.15) is 18.3 Å². The van der Waals surface area contributed by atoms with Crippen LogP contribution in [0.2, 0.25) is 0 Å². The summed E-state index contributed by atoms with van der Waals surface area (Å²) in [5, 5.41) is 18.0. The van der Waals surface area contributed by atoms with Gasteiger partial charge in [-0.1, -0.05) is 19.3 Å². The number of halogens is 3. The number of carbonyl (C=O) groups is 1. The molecule has 1 N–H and O–H groups in total. The first-order valence-corrected chi connectivity index (χ1v) is 11.7. The van der Waals surface area contributed by atoms with E-state index >= 15 is 0 Å². The first-order chi connectivity index (χ1) is 16.7. The van der Waals surface area contributed by atoms with Crippen molar-refractivity contribution in [2.24, 2.45) is 7.05 Å². The number of aryl methyl sites for hydroxylation is 2. The zero-order chi connectivity index (χ0) is 25.0. The number of carboxylic acids is 1. The molecule has 3 aromatic heterocycles. The summed E-state index contributed by atoms with van der Waals surface area (Å²) >= 11 is 0. The van der Waals surface area contributed by atoms with Gasteiger partial charge in [-0.05, 0) is 43.4 Å². The minimum absolute atomic E-state index is 0.165. The zero-order valence-electron chi connectivity index (χ0n) is 19.5. The van der Waals surface area contributed by atoms with E-state index in [4.69, 9.17) is 14.9 Å². The molecule has 0 unspecified atom stereocenters. The van der Waals surface area contributed by atoms with Crippen LogP contribution in [0.3, 0.4) is 0 Å². The molecule has 0 saturated heterocycles. The summed E-state index contributed by atoms with van der Waals surface area (Å²) < 4.78 is 47.6. The van der Waals surface area contributed by atoms with Crippen molar-refractivity contribution in [1.82, 2.24) is 24.5 Å². The van der Waals surface area contributed by atoms with Crippen LogP contribution in [0.4, 0.5) is 13.2 Å². The van der Waals surface area contributed by atoms with Crippen molar-refractivity contribution in [1.29, 1.82) is 0 Å². The molecule has 0 aliphatic heterocycles. The van der Waals surface area contributed by atoms with Crippen molar-refractivity contribution in [2.75, 3.05) is 6.61 Å². The van der Waals surface area contributed by atoms with Crippen molar-refractivity contribution >= 4 is 5.97 Å². The fourth-order valence-corrected chi connectivity index (χ4v) is 4.50. The van der Waals surface area contributed by atoms with Gasteiger partial charge in [0.05, 0.1) is 24.3 Å². The summed E-state index contributed by atoms with van der Waals surface area (Å²) in [6.07, 6.45) is 6.53. The topological polar surface area (TPSA) is 95.1 Å². The molecule has 0 bridgehead atoms. The second-order valence-electron chi connectivity index (χ2n) is 8.88. The monoisotopic (exact) mass is 491 g/mol. The van der Waals surface area contributed by atoms with Gasteiger partial charge in [0.2, 0.25) is 5.88 Å². The Morgan fingerprint density at radius 3 is 2.57 bits per heavy atom. The SMILES string of the molecule is Cn1cc(CC(=O)O)c(OCCCc2cn(-c3ccc(C(F)(F)F)cn3)nc2C2CCCCC2)n1. The van der Waals surface area contributed by atoms with Crippen molar-refractivity contribution in [3.8, 4) is 11.7 Å². The van der Waals surface area contributed by atoms with Crippen LogP contribution in [0.25, 0.3) is 5.82 Å². The molecule has 1 aliphatic carbocycles. The highest BCUT2D eigenvalue weighted by atomic mass is 19.4. The maximum absolute atomic E-state index is 12.9. The van der Waals surface area contributed by atoms with Crippen molar-refractivity contribution in [3.63, 3.8) is 0 Å². The molecule has 0 radical (unpaired) electrons. The van der Waals surface area contributed by atoms with Gasteiger partial charge in [-0.25, -0.2) is 9.67 Å². The van der Waals surface area contributed by atoms with E-state index in [9.17, 15) is 18.0 Å². The Hall–Kier alpha value is -3.37. The Morgan fingerprint density at radius 2 is 1.91 bits per heavy atom. The quantitative estimate of drug-likeness (QED) is 0.436. The molecular weight excluding hydrogens is 463 g/mol. The molecule has 1 saturated carbocycles. The third kappa shape index (κ3) is 6.20. The van der Waals surface area contributed by atoms with Gasteiger partial charge in [-0.15, -0.1) is 5.10 Å². The van der Waals surface area contributed by atoms with Crippen LogP contribution in [-0.2, 0) is 30.9 Å². The van der Waals surface area contributed by atoms with Crippen LogP contribution >= 0.6 is 0 Å². The van der Waals surface area contributed by atoms with Crippen LogP contribution in [0.15, 0.2) is 30.7 Å². The highest BCUT2D eigenvalue weighted by Gasteiger charge is 2.31. The summed E-state index contributed by atoms with van der Waals surface area (Å²) in [5.41, 5.74) is 1.71. The fourth-order valence-electron chi connectivity index (χ4n) is 4.50. The van der Waals surface area contributed by atoms with Crippen LogP contribution in [0.5, 0.6) is 5.88 Å². The number of nitrogens with zero attached hydrogens (tertiary/aromatic N) is 5. The maximum Gasteiger partial charge on any atom is 0.417 e. The Bertz CT molecular complexity index is 1150. The van der Waals surface area contributed by atoms with E-state index in [1.54, 1.807) is 17.9 Å². The van der Waals surface area contributed by atoms with Crippen LogP contribution in [-0.4, -0.2) is 42.2 Å². The highest BCUT2D eigenvalue weighted by molar-refractivity contribution is 5.70. The normalized spacial score (nSPS) is 14.9. The number of hydrogen-bond acceptors (Lipinski definition) is 5. The predicted molar refractivity (Wildman–Crippen MR) is 121 cm³/mol. The summed E-state index contributed by atoms with van der Waals surface area (Å²) in [4.78, 5) is 15.0. The maximum atomic E-state index is 12.9. The molecule has 1 aliphatic rings. The van der Waals surface area contributed by atoms with E-state index in [2.05, 4.69) is 10.1 Å². The number of carboxylic acid groups (broad SMARTS) is 1. The third-order valence-corrected chi connectivity index (χ3v) is 6.16. The molecule has 4 rings (SSSR count). The molecule has 3 heterocycles. The van der Waals surface area contributed by atoms with E-state index in [-0.39, 0.29) is 6.42 Å². The standard InChI is InChI=1S/C24H28F3N5O3/c1-31-14-18(12-21(33)34)23(30-31)35-11-5-8-17-15-32(29-22(17)16-6-3-2-4-7-16)20-10-9-19(13-28-20)24(25,26)27/h9-10,13-16H,2-8,11-12H2,1H3,(H,33,34). The summed E-state index contributed by atoms with van der Waals surface area (Å²) in [5.74, 6) is 0.00833. The zero-order valence-corrected chi connectivity index (χ0v) is 19.5. The van der Waals surface area contributed by atoms with Gasteiger partial charge in [0.1, 0.15) is 0 Å². The lowest BCUT2D eigenvalue weighted by Crippen LogP contribution is -2.09. The minimum atomic E-state index is -4.44. The third-order valence-electron chi connectivity index (χ3n) is 6.16. The van der Waals surface area contributed by atoms with Crippen LogP contribution < -0.4 is 4.74 Å². The lowest BCUT2D eigenvalue weighted by Gasteiger charge is -2.21. The molecule has 0 amide bonds. The summed E-state index contributed by atoms with van der Waals surface area (Å²) in [7, 11) is 1.71. The molecule has 0 atom stereocenters. The number of aliphatic carboxylic acids is 1. The average molecular weight is 492 g/mol. The first-order valence-electron chi connectivity index (χ1n) is 11.7. The second-order valence-corrected chi connectivity index (χ2v) is 8.88.